The lowest BCUT2D eigenvalue weighted by Gasteiger charge is -2.13. The quantitative estimate of drug-likeness (QED) is 0.599. The van der Waals surface area contributed by atoms with Crippen LogP contribution in [0, 0.1) is 0 Å². The van der Waals surface area contributed by atoms with Crippen molar-refractivity contribution in [2.24, 2.45) is 0 Å². The SMILES string of the molecule is Nc1cc(Br)ccc1Nc1ccccc1SC(F)F. The summed E-state index contributed by atoms with van der Waals surface area (Å²) < 4.78 is 25.8. The molecule has 0 saturated heterocycles. The van der Waals surface area contributed by atoms with Gasteiger partial charge < -0.3 is 11.1 Å². The minimum Gasteiger partial charge on any atom is -0.397 e. The van der Waals surface area contributed by atoms with Gasteiger partial charge in [0.15, 0.2) is 0 Å². The van der Waals surface area contributed by atoms with Gasteiger partial charge in [0.25, 0.3) is 5.76 Å². The summed E-state index contributed by atoms with van der Waals surface area (Å²) in [6.45, 7) is 0. The van der Waals surface area contributed by atoms with Gasteiger partial charge in [0.2, 0.25) is 0 Å². The highest BCUT2D eigenvalue weighted by Crippen LogP contribution is 2.35. The number of para-hydroxylation sites is 1. The van der Waals surface area contributed by atoms with Gasteiger partial charge in [0, 0.05) is 9.37 Å². The van der Waals surface area contributed by atoms with Crippen molar-refractivity contribution in [3.63, 3.8) is 0 Å². The average Bonchev–Trinajstić information content (AvgIpc) is 2.34. The van der Waals surface area contributed by atoms with Gasteiger partial charge in [-0.15, -0.1) is 0 Å². The summed E-state index contributed by atoms with van der Waals surface area (Å²) in [6, 6.07) is 12.3. The second-order valence-corrected chi connectivity index (χ2v) is 5.68. The second-order valence-electron chi connectivity index (χ2n) is 3.73. The summed E-state index contributed by atoms with van der Waals surface area (Å²) in [7, 11) is 0. The predicted octanol–water partition coefficient (Wildman–Crippen LogP) is 5.09. The van der Waals surface area contributed by atoms with Crippen LogP contribution in [0.25, 0.3) is 0 Å². The van der Waals surface area contributed by atoms with Crippen molar-refractivity contribution in [3.05, 3.63) is 46.9 Å². The second kappa shape index (κ2) is 6.25. The fraction of sp³-hybridized carbons (Fsp3) is 0.0769. The van der Waals surface area contributed by atoms with E-state index in [2.05, 4.69) is 21.2 Å². The molecule has 0 radical (unpaired) electrons. The molecule has 2 rings (SSSR count). The lowest BCUT2D eigenvalue weighted by Crippen LogP contribution is -1.98. The van der Waals surface area contributed by atoms with E-state index in [1.165, 1.54) is 0 Å². The van der Waals surface area contributed by atoms with Gasteiger partial charge in [-0.05, 0) is 30.3 Å². The van der Waals surface area contributed by atoms with Crippen LogP contribution in [0.2, 0.25) is 0 Å². The fourth-order valence-corrected chi connectivity index (χ4v) is 2.54. The molecular formula is C13H11BrF2N2S. The topological polar surface area (TPSA) is 38.0 Å². The van der Waals surface area contributed by atoms with Crippen molar-refractivity contribution >= 4 is 44.8 Å². The third-order valence-corrected chi connectivity index (χ3v) is 3.67. The first-order valence-corrected chi connectivity index (χ1v) is 7.09. The first kappa shape index (κ1) is 14.1. The van der Waals surface area contributed by atoms with Crippen molar-refractivity contribution in [2.75, 3.05) is 11.1 Å². The zero-order valence-electron chi connectivity index (χ0n) is 9.74. The molecule has 0 aliphatic carbocycles. The normalized spacial score (nSPS) is 10.7. The van der Waals surface area contributed by atoms with Crippen LogP contribution in [0.15, 0.2) is 51.8 Å². The number of nitrogens with one attached hydrogen (secondary N) is 1. The number of halogens is 3. The van der Waals surface area contributed by atoms with Gasteiger partial charge in [-0.3, -0.25) is 0 Å². The molecule has 19 heavy (non-hydrogen) atoms. The standard InChI is InChI=1S/C13H11BrF2N2S/c14-8-5-6-10(9(17)7-8)18-11-3-1-2-4-12(11)19-13(15)16/h1-7,13,18H,17H2. The van der Waals surface area contributed by atoms with Gasteiger partial charge in [0.05, 0.1) is 17.1 Å². The van der Waals surface area contributed by atoms with E-state index >= 15 is 0 Å². The van der Waals surface area contributed by atoms with Crippen LogP contribution in [0.3, 0.4) is 0 Å². The van der Waals surface area contributed by atoms with E-state index in [9.17, 15) is 8.78 Å². The van der Waals surface area contributed by atoms with E-state index in [-0.39, 0.29) is 0 Å². The minimum atomic E-state index is -2.45. The van der Waals surface area contributed by atoms with E-state index in [4.69, 9.17) is 5.73 Å². The van der Waals surface area contributed by atoms with Crippen LogP contribution in [0.5, 0.6) is 0 Å². The molecular weight excluding hydrogens is 334 g/mol. The largest absolute Gasteiger partial charge is 0.397 e. The monoisotopic (exact) mass is 344 g/mol. The number of thioether (sulfide) groups is 1. The zero-order chi connectivity index (χ0) is 13.8. The predicted molar refractivity (Wildman–Crippen MR) is 80.1 cm³/mol. The molecule has 6 heteroatoms. The maximum Gasteiger partial charge on any atom is 0.288 e. The van der Waals surface area contributed by atoms with Crippen LogP contribution >= 0.6 is 27.7 Å². The number of hydrogen-bond acceptors (Lipinski definition) is 3. The number of nitrogen functional groups attached to an aromatic ring is 1. The number of hydrogen-bond donors (Lipinski definition) is 2. The van der Waals surface area contributed by atoms with Crippen LogP contribution in [-0.4, -0.2) is 5.76 Å². The van der Waals surface area contributed by atoms with Crippen LogP contribution in [0.1, 0.15) is 0 Å². The van der Waals surface area contributed by atoms with Gasteiger partial charge >= 0.3 is 0 Å². The van der Waals surface area contributed by atoms with Crippen molar-refractivity contribution in [3.8, 4) is 0 Å². The van der Waals surface area contributed by atoms with Crippen molar-refractivity contribution in [1.29, 1.82) is 0 Å². The lowest BCUT2D eigenvalue weighted by molar-refractivity contribution is 0.252. The Morgan fingerprint density at radius 1 is 1.11 bits per heavy atom. The van der Waals surface area contributed by atoms with E-state index in [1.54, 1.807) is 36.4 Å². The van der Waals surface area contributed by atoms with Gasteiger partial charge in [-0.1, -0.05) is 39.8 Å². The molecule has 2 aromatic carbocycles. The molecule has 0 aromatic heterocycles. The number of alkyl halides is 2. The van der Waals surface area contributed by atoms with E-state index in [0.29, 0.717) is 33.7 Å². The Hall–Kier alpha value is -1.27. The van der Waals surface area contributed by atoms with Gasteiger partial charge in [-0.25, -0.2) is 0 Å². The maximum atomic E-state index is 12.5. The molecule has 0 unspecified atom stereocenters. The summed E-state index contributed by atoms with van der Waals surface area (Å²) in [5.41, 5.74) is 7.72. The summed E-state index contributed by atoms with van der Waals surface area (Å²) in [4.78, 5) is 0.486. The van der Waals surface area contributed by atoms with Gasteiger partial charge in [-0.2, -0.15) is 8.78 Å². The molecule has 2 nitrogen and oxygen atoms in total. The number of nitrogens with two attached hydrogens (primary N) is 1. The van der Waals surface area contributed by atoms with Gasteiger partial charge in [0.1, 0.15) is 0 Å². The zero-order valence-corrected chi connectivity index (χ0v) is 12.1. The molecule has 100 valence electrons. The molecule has 2 aromatic rings. The van der Waals surface area contributed by atoms with Crippen molar-refractivity contribution in [1.82, 2.24) is 0 Å². The van der Waals surface area contributed by atoms with Crippen LogP contribution in [-0.2, 0) is 0 Å². The molecule has 0 atom stereocenters. The molecule has 0 fully saturated rings. The Labute approximate surface area is 122 Å². The Morgan fingerprint density at radius 2 is 1.84 bits per heavy atom. The number of benzene rings is 2. The average molecular weight is 345 g/mol. The Kier molecular flexibility index (Phi) is 4.66. The summed E-state index contributed by atoms with van der Waals surface area (Å²) >= 11 is 3.83. The molecule has 0 heterocycles. The van der Waals surface area contributed by atoms with E-state index < -0.39 is 5.76 Å². The number of rotatable bonds is 4. The van der Waals surface area contributed by atoms with Crippen LogP contribution in [0.4, 0.5) is 25.8 Å². The fourth-order valence-electron chi connectivity index (χ4n) is 1.56. The Morgan fingerprint density at radius 3 is 2.53 bits per heavy atom. The summed E-state index contributed by atoms with van der Waals surface area (Å²) in [5.74, 6) is -2.45. The summed E-state index contributed by atoms with van der Waals surface area (Å²) in [6.07, 6.45) is 0. The van der Waals surface area contributed by atoms with Crippen molar-refractivity contribution in [2.45, 2.75) is 10.7 Å². The Balaban J connectivity index is 2.27. The molecule has 0 aliphatic heterocycles. The first-order valence-electron chi connectivity index (χ1n) is 5.42. The van der Waals surface area contributed by atoms with Crippen molar-refractivity contribution < 1.29 is 8.78 Å². The molecule has 0 spiro atoms. The highest BCUT2D eigenvalue weighted by Gasteiger charge is 2.10. The maximum absolute atomic E-state index is 12.5. The van der Waals surface area contributed by atoms with Crippen LogP contribution < -0.4 is 11.1 Å². The molecule has 3 N–H and O–H groups in total. The van der Waals surface area contributed by atoms with E-state index in [0.717, 1.165) is 4.47 Å². The first-order chi connectivity index (χ1) is 9.06. The summed E-state index contributed by atoms with van der Waals surface area (Å²) in [5, 5.41) is 3.07. The lowest BCUT2D eigenvalue weighted by atomic mass is 10.2. The van der Waals surface area contributed by atoms with E-state index in [1.807, 2.05) is 6.07 Å². The number of anilines is 3. The highest BCUT2D eigenvalue weighted by atomic mass is 79.9. The smallest absolute Gasteiger partial charge is 0.288 e. The Bertz CT molecular complexity index is 578. The third kappa shape index (κ3) is 3.84. The minimum absolute atomic E-state index is 0.486. The third-order valence-electron chi connectivity index (χ3n) is 2.39. The molecule has 0 amide bonds. The molecule has 0 bridgehead atoms. The highest BCUT2D eigenvalue weighted by molar-refractivity contribution is 9.10. The molecule has 0 saturated carbocycles. The molecule has 0 aliphatic rings.